The van der Waals surface area contributed by atoms with Gasteiger partial charge in [-0.05, 0) is 59.8 Å². The van der Waals surface area contributed by atoms with Crippen LogP contribution < -0.4 is 0 Å². The van der Waals surface area contributed by atoms with Gasteiger partial charge in [-0.2, -0.15) is 0 Å². The molecular weight excluding hydrogens is 208 g/mol. The van der Waals surface area contributed by atoms with Crippen molar-refractivity contribution in [2.24, 2.45) is 0 Å². The summed E-state index contributed by atoms with van der Waals surface area (Å²) < 4.78 is 0. The van der Waals surface area contributed by atoms with Crippen molar-refractivity contribution in [3.63, 3.8) is 0 Å². The molecule has 17 heavy (non-hydrogen) atoms. The number of fused-ring (bicyclic) bond motifs is 1. The Morgan fingerprint density at radius 2 is 1.41 bits per heavy atom. The van der Waals surface area contributed by atoms with E-state index in [-0.39, 0.29) is 0 Å². The average molecular weight is 232 g/mol. The maximum absolute atomic E-state index is 10.4. The number of benzene rings is 1. The SMILES string of the molecule is CC(C)c1cc(C(C)C)c2c(c1O)CCCC2. The number of phenolic OH excluding ortho intramolecular Hbond substituents is 1. The monoisotopic (exact) mass is 232 g/mol. The lowest BCUT2D eigenvalue weighted by Gasteiger charge is -2.25. The van der Waals surface area contributed by atoms with E-state index in [1.165, 1.54) is 29.5 Å². The molecule has 0 saturated heterocycles. The van der Waals surface area contributed by atoms with Crippen molar-refractivity contribution >= 4 is 0 Å². The van der Waals surface area contributed by atoms with E-state index in [1.54, 1.807) is 0 Å². The van der Waals surface area contributed by atoms with Crippen molar-refractivity contribution < 1.29 is 5.11 Å². The van der Waals surface area contributed by atoms with E-state index in [0.717, 1.165) is 18.4 Å². The first kappa shape index (κ1) is 12.5. The van der Waals surface area contributed by atoms with Crippen LogP contribution in [0, 0.1) is 0 Å². The maximum atomic E-state index is 10.4. The van der Waals surface area contributed by atoms with E-state index in [4.69, 9.17) is 0 Å². The summed E-state index contributed by atoms with van der Waals surface area (Å²) >= 11 is 0. The molecule has 2 rings (SSSR count). The first-order chi connectivity index (χ1) is 8.02. The molecule has 0 radical (unpaired) electrons. The first-order valence-corrected chi connectivity index (χ1v) is 6.89. The fourth-order valence-electron chi connectivity index (χ4n) is 2.94. The molecule has 0 bridgehead atoms. The van der Waals surface area contributed by atoms with Crippen LogP contribution in [-0.4, -0.2) is 5.11 Å². The predicted octanol–water partition coefficient (Wildman–Crippen LogP) is 4.52. The summed E-state index contributed by atoms with van der Waals surface area (Å²) in [7, 11) is 0. The largest absolute Gasteiger partial charge is 0.507 e. The van der Waals surface area contributed by atoms with Gasteiger partial charge in [0.1, 0.15) is 5.75 Å². The van der Waals surface area contributed by atoms with Crippen LogP contribution in [-0.2, 0) is 12.8 Å². The minimum Gasteiger partial charge on any atom is -0.507 e. The number of phenols is 1. The van der Waals surface area contributed by atoms with E-state index in [1.807, 2.05) is 0 Å². The van der Waals surface area contributed by atoms with Crippen LogP contribution in [0.5, 0.6) is 5.75 Å². The van der Waals surface area contributed by atoms with Crippen LogP contribution >= 0.6 is 0 Å². The highest BCUT2D eigenvalue weighted by Gasteiger charge is 2.22. The van der Waals surface area contributed by atoms with Gasteiger partial charge in [0.15, 0.2) is 0 Å². The van der Waals surface area contributed by atoms with Crippen LogP contribution in [0.2, 0.25) is 0 Å². The zero-order chi connectivity index (χ0) is 12.6. The summed E-state index contributed by atoms with van der Waals surface area (Å²) in [6.45, 7) is 8.83. The lowest BCUT2D eigenvalue weighted by Crippen LogP contribution is -2.10. The van der Waals surface area contributed by atoms with Crippen LogP contribution in [0.3, 0.4) is 0 Å². The normalized spacial score (nSPS) is 15.4. The molecule has 1 N–H and O–H groups in total. The van der Waals surface area contributed by atoms with Crippen LogP contribution in [0.4, 0.5) is 0 Å². The standard InChI is InChI=1S/C16H24O/c1-10(2)14-9-15(11(3)4)16(17)13-8-6-5-7-12(13)14/h9-11,17H,5-8H2,1-4H3. The van der Waals surface area contributed by atoms with Gasteiger partial charge in [0.2, 0.25) is 0 Å². The minimum absolute atomic E-state index is 0.403. The van der Waals surface area contributed by atoms with Gasteiger partial charge in [0.05, 0.1) is 0 Å². The third-order valence-electron chi connectivity index (χ3n) is 3.93. The third-order valence-corrected chi connectivity index (χ3v) is 3.93. The van der Waals surface area contributed by atoms with Crippen molar-refractivity contribution in [1.29, 1.82) is 0 Å². The average Bonchev–Trinajstić information content (AvgIpc) is 2.29. The molecule has 0 spiro atoms. The molecule has 0 atom stereocenters. The summed E-state index contributed by atoms with van der Waals surface area (Å²) in [4.78, 5) is 0. The van der Waals surface area contributed by atoms with E-state index in [9.17, 15) is 5.11 Å². The second kappa shape index (κ2) is 4.72. The van der Waals surface area contributed by atoms with Crippen molar-refractivity contribution in [3.05, 3.63) is 28.3 Å². The summed E-state index contributed by atoms with van der Waals surface area (Å²) in [6.07, 6.45) is 4.70. The fraction of sp³-hybridized carbons (Fsp3) is 0.625. The Morgan fingerprint density at radius 3 is 1.94 bits per heavy atom. The number of hydrogen-bond acceptors (Lipinski definition) is 1. The molecule has 0 fully saturated rings. The Morgan fingerprint density at radius 1 is 0.882 bits per heavy atom. The Bertz CT molecular complexity index is 416. The molecule has 1 heteroatoms. The van der Waals surface area contributed by atoms with Crippen LogP contribution in [0.15, 0.2) is 6.07 Å². The van der Waals surface area contributed by atoms with Crippen molar-refractivity contribution in [2.75, 3.05) is 0 Å². The molecule has 0 unspecified atom stereocenters. The number of rotatable bonds is 2. The summed E-state index contributed by atoms with van der Waals surface area (Å²) in [5.41, 5.74) is 5.27. The van der Waals surface area contributed by atoms with Crippen molar-refractivity contribution in [3.8, 4) is 5.75 Å². The van der Waals surface area contributed by atoms with Gasteiger partial charge in [-0.3, -0.25) is 0 Å². The summed E-state index contributed by atoms with van der Waals surface area (Å²) in [5.74, 6) is 1.54. The van der Waals surface area contributed by atoms with E-state index in [2.05, 4.69) is 33.8 Å². The molecule has 0 heterocycles. The molecule has 1 aliphatic rings. The summed E-state index contributed by atoms with van der Waals surface area (Å²) in [6, 6.07) is 2.24. The van der Waals surface area contributed by atoms with Gasteiger partial charge in [-0.25, -0.2) is 0 Å². The Labute approximate surface area is 105 Å². The minimum atomic E-state index is 0.403. The number of aromatic hydroxyl groups is 1. The number of hydrogen-bond donors (Lipinski definition) is 1. The molecule has 0 aromatic heterocycles. The van der Waals surface area contributed by atoms with Gasteiger partial charge in [0.25, 0.3) is 0 Å². The lowest BCUT2D eigenvalue weighted by atomic mass is 9.81. The Hall–Kier alpha value is -0.980. The van der Waals surface area contributed by atoms with Gasteiger partial charge < -0.3 is 5.11 Å². The highest BCUT2D eigenvalue weighted by Crippen LogP contribution is 2.39. The smallest absolute Gasteiger partial charge is 0.122 e. The second-order valence-electron chi connectivity index (χ2n) is 5.88. The van der Waals surface area contributed by atoms with E-state index < -0.39 is 0 Å². The van der Waals surface area contributed by atoms with Gasteiger partial charge in [0, 0.05) is 0 Å². The topological polar surface area (TPSA) is 20.2 Å². The van der Waals surface area contributed by atoms with Crippen LogP contribution in [0.1, 0.15) is 74.6 Å². The third kappa shape index (κ3) is 2.20. The van der Waals surface area contributed by atoms with Gasteiger partial charge in [-0.1, -0.05) is 33.8 Å². The first-order valence-electron chi connectivity index (χ1n) is 6.89. The Balaban J connectivity index is 2.64. The predicted molar refractivity (Wildman–Crippen MR) is 72.9 cm³/mol. The zero-order valence-corrected chi connectivity index (χ0v) is 11.5. The molecule has 94 valence electrons. The van der Waals surface area contributed by atoms with Crippen molar-refractivity contribution in [1.82, 2.24) is 0 Å². The molecule has 0 aliphatic heterocycles. The zero-order valence-electron chi connectivity index (χ0n) is 11.5. The van der Waals surface area contributed by atoms with Gasteiger partial charge in [-0.15, -0.1) is 0 Å². The van der Waals surface area contributed by atoms with Crippen molar-refractivity contribution in [2.45, 2.75) is 65.2 Å². The molecular formula is C16H24O. The lowest BCUT2D eigenvalue weighted by molar-refractivity contribution is 0.450. The molecule has 0 saturated carbocycles. The molecule has 1 aromatic carbocycles. The van der Waals surface area contributed by atoms with Crippen LogP contribution in [0.25, 0.3) is 0 Å². The fourth-order valence-corrected chi connectivity index (χ4v) is 2.94. The van der Waals surface area contributed by atoms with E-state index >= 15 is 0 Å². The summed E-state index contributed by atoms with van der Waals surface area (Å²) in [5, 5.41) is 10.4. The second-order valence-corrected chi connectivity index (χ2v) is 5.88. The molecule has 1 aromatic rings. The quantitative estimate of drug-likeness (QED) is 0.795. The highest BCUT2D eigenvalue weighted by atomic mass is 16.3. The highest BCUT2D eigenvalue weighted by molar-refractivity contribution is 5.52. The van der Waals surface area contributed by atoms with E-state index in [0.29, 0.717) is 17.6 Å². The maximum Gasteiger partial charge on any atom is 0.122 e. The molecule has 1 aliphatic carbocycles. The molecule has 1 nitrogen and oxygen atoms in total. The molecule has 0 amide bonds. The van der Waals surface area contributed by atoms with Gasteiger partial charge >= 0.3 is 0 Å². The Kier molecular flexibility index (Phi) is 3.46.